The molecule has 0 bridgehead atoms. The van der Waals surface area contributed by atoms with E-state index in [9.17, 15) is 18.0 Å². The van der Waals surface area contributed by atoms with Crippen LogP contribution in [0.25, 0.3) is 0 Å². The fourth-order valence-corrected chi connectivity index (χ4v) is 4.03. The van der Waals surface area contributed by atoms with Gasteiger partial charge in [0, 0.05) is 20.0 Å². The summed E-state index contributed by atoms with van der Waals surface area (Å²) in [7, 11) is -3.93. The van der Waals surface area contributed by atoms with Crippen LogP contribution in [0.2, 0.25) is 0 Å². The van der Waals surface area contributed by atoms with E-state index < -0.39 is 21.9 Å². The molecule has 0 aliphatic heterocycles. The quantitative estimate of drug-likeness (QED) is 0.682. The third-order valence-electron chi connectivity index (χ3n) is 2.50. The lowest BCUT2D eigenvalue weighted by Crippen LogP contribution is -2.36. The van der Waals surface area contributed by atoms with Gasteiger partial charge in [-0.25, -0.2) is 8.42 Å². The fourth-order valence-electron chi connectivity index (χ4n) is 1.41. The standard InChI is InChI=1S/C10H16N4O5S2/c1-4-14(5-6(2)8(16)17)21(18,19)10-13-12-9(20-10)11-7(3)15/h6H,4-5H2,1-3H3,(H,16,17)(H,11,12,15). The molecular formula is C10H16N4O5S2. The highest BCUT2D eigenvalue weighted by atomic mass is 32.2. The summed E-state index contributed by atoms with van der Waals surface area (Å²) in [6.45, 7) is 4.23. The van der Waals surface area contributed by atoms with Crippen LogP contribution in [0.15, 0.2) is 4.34 Å². The van der Waals surface area contributed by atoms with Crippen molar-refractivity contribution in [3.05, 3.63) is 0 Å². The number of rotatable bonds is 7. The molecule has 0 saturated carbocycles. The Kier molecular flexibility index (Phi) is 5.75. The third kappa shape index (κ3) is 4.44. The molecule has 1 rings (SSSR count). The van der Waals surface area contributed by atoms with Crippen molar-refractivity contribution < 1.29 is 23.1 Å². The Labute approximate surface area is 126 Å². The Morgan fingerprint density at radius 2 is 2.05 bits per heavy atom. The van der Waals surface area contributed by atoms with Gasteiger partial charge in [-0.1, -0.05) is 25.2 Å². The molecule has 1 amide bonds. The number of hydrogen-bond acceptors (Lipinski definition) is 7. The molecule has 1 aromatic rings. The monoisotopic (exact) mass is 336 g/mol. The van der Waals surface area contributed by atoms with E-state index >= 15 is 0 Å². The number of carboxylic acids is 1. The average molecular weight is 336 g/mol. The molecule has 21 heavy (non-hydrogen) atoms. The second-order valence-electron chi connectivity index (χ2n) is 4.25. The Morgan fingerprint density at radius 3 is 2.52 bits per heavy atom. The number of amides is 1. The van der Waals surface area contributed by atoms with E-state index in [1.165, 1.54) is 13.8 Å². The van der Waals surface area contributed by atoms with E-state index in [0.717, 1.165) is 4.31 Å². The summed E-state index contributed by atoms with van der Waals surface area (Å²) in [5.74, 6) is -2.32. The Morgan fingerprint density at radius 1 is 1.43 bits per heavy atom. The Balaban J connectivity index is 2.99. The first-order valence-electron chi connectivity index (χ1n) is 6.02. The van der Waals surface area contributed by atoms with Crippen molar-refractivity contribution in [2.75, 3.05) is 18.4 Å². The SMILES string of the molecule is CCN(CC(C)C(=O)O)S(=O)(=O)c1nnc(NC(C)=O)s1. The lowest BCUT2D eigenvalue weighted by atomic mass is 10.2. The normalized spacial score (nSPS) is 13.1. The fraction of sp³-hybridized carbons (Fsp3) is 0.600. The largest absolute Gasteiger partial charge is 0.481 e. The van der Waals surface area contributed by atoms with Gasteiger partial charge in [-0.05, 0) is 0 Å². The number of anilines is 1. The molecule has 9 nitrogen and oxygen atoms in total. The predicted octanol–water partition coefficient (Wildman–Crippen LogP) is 0.228. The van der Waals surface area contributed by atoms with Crippen molar-refractivity contribution in [2.45, 2.75) is 25.1 Å². The van der Waals surface area contributed by atoms with E-state index in [1.54, 1.807) is 6.92 Å². The minimum Gasteiger partial charge on any atom is -0.481 e. The molecule has 118 valence electrons. The topological polar surface area (TPSA) is 130 Å². The van der Waals surface area contributed by atoms with Gasteiger partial charge in [0.2, 0.25) is 15.4 Å². The summed E-state index contributed by atoms with van der Waals surface area (Å²) < 4.78 is 25.4. The number of nitrogens with zero attached hydrogens (tertiary/aromatic N) is 3. The van der Waals surface area contributed by atoms with Crippen LogP contribution in [0.3, 0.4) is 0 Å². The summed E-state index contributed by atoms with van der Waals surface area (Å²) in [4.78, 5) is 21.7. The Hall–Kier alpha value is -1.59. The smallest absolute Gasteiger partial charge is 0.307 e. The minimum atomic E-state index is -3.93. The van der Waals surface area contributed by atoms with Crippen LogP contribution in [-0.4, -0.2) is 53.0 Å². The van der Waals surface area contributed by atoms with Gasteiger partial charge in [0.25, 0.3) is 10.0 Å². The zero-order chi connectivity index (χ0) is 16.2. The number of sulfonamides is 1. The van der Waals surface area contributed by atoms with Crippen molar-refractivity contribution >= 4 is 38.4 Å². The van der Waals surface area contributed by atoms with Gasteiger partial charge in [-0.15, -0.1) is 10.2 Å². The van der Waals surface area contributed by atoms with Crippen molar-refractivity contribution in [1.82, 2.24) is 14.5 Å². The number of nitrogens with one attached hydrogen (secondary N) is 1. The van der Waals surface area contributed by atoms with Gasteiger partial charge in [-0.3, -0.25) is 9.59 Å². The van der Waals surface area contributed by atoms with Crippen molar-refractivity contribution in [3.63, 3.8) is 0 Å². The maximum atomic E-state index is 12.3. The lowest BCUT2D eigenvalue weighted by molar-refractivity contribution is -0.141. The molecule has 0 radical (unpaired) electrons. The molecule has 1 aromatic heterocycles. The number of aliphatic carboxylic acids is 1. The molecule has 2 N–H and O–H groups in total. The van der Waals surface area contributed by atoms with Crippen molar-refractivity contribution in [3.8, 4) is 0 Å². The number of hydrogen-bond donors (Lipinski definition) is 2. The molecule has 1 atom stereocenters. The first kappa shape index (κ1) is 17.5. The minimum absolute atomic E-state index is 0.0726. The molecule has 0 aliphatic carbocycles. The molecule has 0 aromatic carbocycles. The van der Waals surface area contributed by atoms with E-state index in [-0.39, 0.29) is 28.5 Å². The number of carbonyl (C=O) groups is 2. The number of carboxylic acid groups (broad SMARTS) is 1. The summed E-state index contributed by atoms with van der Waals surface area (Å²) in [6, 6.07) is 0. The third-order valence-corrected chi connectivity index (χ3v) is 5.63. The molecule has 11 heteroatoms. The van der Waals surface area contributed by atoms with Crippen LogP contribution in [0, 0.1) is 5.92 Å². The van der Waals surface area contributed by atoms with E-state index in [4.69, 9.17) is 5.11 Å². The zero-order valence-electron chi connectivity index (χ0n) is 11.7. The Bertz CT molecular complexity index is 627. The summed E-state index contributed by atoms with van der Waals surface area (Å²) >= 11 is 0.716. The van der Waals surface area contributed by atoms with Crippen LogP contribution in [0.4, 0.5) is 5.13 Å². The van der Waals surface area contributed by atoms with Gasteiger partial charge in [0.05, 0.1) is 5.92 Å². The summed E-state index contributed by atoms with van der Waals surface area (Å²) in [5.41, 5.74) is 0. The summed E-state index contributed by atoms with van der Waals surface area (Å²) in [5, 5.41) is 18.4. The molecule has 0 spiro atoms. The van der Waals surface area contributed by atoms with E-state index in [2.05, 4.69) is 15.5 Å². The van der Waals surface area contributed by atoms with Gasteiger partial charge < -0.3 is 10.4 Å². The van der Waals surface area contributed by atoms with Gasteiger partial charge >= 0.3 is 5.97 Å². The van der Waals surface area contributed by atoms with Gasteiger partial charge in [0.15, 0.2) is 0 Å². The maximum absolute atomic E-state index is 12.3. The molecule has 1 heterocycles. The first-order chi connectivity index (χ1) is 9.68. The van der Waals surface area contributed by atoms with Crippen LogP contribution in [0.1, 0.15) is 20.8 Å². The molecular weight excluding hydrogens is 320 g/mol. The van der Waals surface area contributed by atoms with Crippen LogP contribution in [0.5, 0.6) is 0 Å². The highest BCUT2D eigenvalue weighted by Gasteiger charge is 2.30. The van der Waals surface area contributed by atoms with Crippen LogP contribution < -0.4 is 5.32 Å². The second-order valence-corrected chi connectivity index (χ2v) is 7.34. The highest BCUT2D eigenvalue weighted by Crippen LogP contribution is 2.23. The second kappa shape index (κ2) is 6.91. The predicted molar refractivity (Wildman–Crippen MR) is 75.4 cm³/mol. The maximum Gasteiger partial charge on any atom is 0.307 e. The van der Waals surface area contributed by atoms with Crippen LogP contribution >= 0.6 is 11.3 Å². The van der Waals surface area contributed by atoms with Crippen molar-refractivity contribution in [1.29, 1.82) is 0 Å². The van der Waals surface area contributed by atoms with Gasteiger partial charge in [0.1, 0.15) is 0 Å². The molecule has 0 fully saturated rings. The number of aromatic nitrogens is 2. The highest BCUT2D eigenvalue weighted by molar-refractivity contribution is 7.91. The molecule has 0 saturated heterocycles. The molecule has 0 aliphatic rings. The summed E-state index contributed by atoms with van der Waals surface area (Å²) in [6.07, 6.45) is 0. The van der Waals surface area contributed by atoms with Gasteiger partial charge in [-0.2, -0.15) is 4.31 Å². The number of carbonyl (C=O) groups excluding carboxylic acids is 1. The zero-order valence-corrected chi connectivity index (χ0v) is 13.4. The lowest BCUT2D eigenvalue weighted by Gasteiger charge is -2.20. The molecule has 1 unspecified atom stereocenters. The van der Waals surface area contributed by atoms with E-state index in [1.807, 2.05) is 0 Å². The van der Waals surface area contributed by atoms with E-state index in [0.29, 0.717) is 11.3 Å². The first-order valence-corrected chi connectivity index (χ1v) is 8.28. The van der Waals surface area contributed by atoms with Crippen LogP contribution in [-0.2, 0) is 19.6 Å². The van der Waals surface area contributed by atoms with Crippen molar-refractivity contribution in [2.24, 2.45) is 5.92 Å². The average Bonchev–Trinajstić information content (AvgIpc) is 2.83.